The molecule has 122 valence electrons. The van der Waals surface area contributed by atoms with Gasteiger partial charge in [0.2, 0.25) is 0 Å². The van der Waals surface area contributed by atoms with Crippen molar-refractivity contribution >= 4 is 17.6 Å². The van der Waals surface area contributed by atoms with Gasteiger partial charge < -0.3 is 10.1 Å². The second kappa shape index (κ2) is 6.81. The molecule has 0 heterocycles. The molecule has 1 aromatic carbocycles. The highest BCUT2D eigenvalue weighted by Gasteiger charge is 2.39. The molecule has 1 amide bonds. The van der Waals surface area contributed by atoms with E-state index in [1.807, 2.05) is 5.32 Å². The minimum Gasteiger partial charge on any atom is -0.469 e. The van der Waals surface area contributed by atoms with E-state index in [4.69, 9.17) is 0 Å². The second-order valence-electron chi connectivity index (χ2n) is 5.70. The molecule has 0 aliphatic rings. The summed E-state index contributed by atoms with van der Waals surface area (Å²) in [6, 6.07) is 6.20. The lowest BCUT2D eigenvalue weighted by Crippen LogP contribution is -2.30. The predicted molar refractivity (Wildman–Crippen MR) is 75.2 cm³/mol. The molecule has 0 radical (unpaired) electrons. The summed E-state index contributed by atoms with van der Waals surface area (Å²) in [5.41, 5.74) is 0.0864. The van der Waals surface area contributed by atoms with Crippen LogP contribution in [0.2, 0.25) is 0 Å². The maximum Gasteiger partial charge on any atom is 0.471 e. The third-order valence-corrected chi connectivity index (χ3v) is 3.04. The lowest BCUT2D eigenvalue weighted by Gasteiger charge is -2.24. The maximum atomic E-state index is 12.3. The molecule has 0 saturated heterocycles. The summed E-state index contributed by atoms with van der Waals surface area (Å²) in [5.74, 6) is -2.42. The fourth-order valence-electron chi connectivity index (χ4n) is 2.03. The van der Waals surface area contributed by atoms with Crippen LogP contribution in [0.4, 0.5) is 18.9 Å². The standard InChI is InChI=1S/C15H18F3NO3/c1-14(2,9-12(20)22-3)8-10-6-4-5-7-11(10)19-13(21)15(16,17)18/h4-7H,8-9H2,1-3H3,(H,19,21). The van der Waals surface area contributed by atoms with E-state index in [0.717, 1.165) is 0 Å². The van der Waals surface area contributed by atoms with E-state index >= 15 is 0 Å². The number of nitrogens with one attached hydrogen (secondary N) is 1. The summed E-state index contributed by atoms with van der Waals surface area (Å²) in [5, 5.41) is 1.86. The fourth-order valence-corrected chi connectivity index (χ4v) is 2.03. The number of carbonyl (C=O) groups excluding carboxylic acids is 2. The minimum absolute atomic E-state index is 0.0859. The van der Waals surface area contributed by atoms with Crippen LogP contribution in [0, 0.1) is 5.41 Å². The highest BCUT2D eigenvalue weighted by atomic mass is 19.4. The Balaban J connectivity index is 2.92. The first-order chi connectivity index (χ1) is 10.0. The molecular weight excluding hydrogens is 299 g/mol. The number of esters is 1. The molecule has 22 heavy (non-hydrogen) atoms. The van der Waals surface area contributed by atoms with Gasteiger partial charge in [0.15, 0.2) is 0 Å². The summed E-state index contributed by atoms with van der Waals surface area (Å²) in [6.07, 6.45) is -4.52. The van der Waals surface area contributed by atoms with Gasteiger partial charge in [0.05, 0.1) is 13.5 Å². The van der Waals surface area contributed by atoms with Gasteiger partial charge in [0.25, 0.3) is 0 Å². The van der Waals surface area contributed by atoms with E-state index in [1.165, 1.54) is 19.2 Å². The van der Waals surface area contributed by atoms with Crippen molar-refractivity contribution in [2.75, 3.05) is 12.4 Å². The molecule has 0 aliphatic carbocycles. The number of ether oxygens (including phenoxy) is 1. The summed E-state index contributed by atoms with van der Waals surface area (Å²) >= 11 is 0. The van der Waals surface area contributed by atoms with Crippen LogP contribution in [0.15, 0.2) is 24.3 Å². The summed E-state index contributed by atoms with van der Waals surface area (Å²) in [4.78, 5) is 22.4. The largest absolute Gasteiger partial charge is 0.471 e. The van der Waals surface area contributed by atoms with Crippen LogP contribution in [-0.2, 0) is 20.7 Å². The number of rotatable bonds is 5. The van der Waals surface area contributed by atoms with E-state index in [1.54, 1.807) is 26.0 Å². The first-order valence-electron chi connectivity index (χ1n) is 6.58. The van der Waals surface area contributed by atoms with Crippen molar-refractivity contribution in [1.82, 2.24) is 0 Å². The van der Waals surface area contributed by atoms with Crippen LogP contribution in [0.25, 0.3) is 0 Å². The average molecular weight is 317 g/mol. The number of para-hydroxylation sites is 1. The quantitative estimate of drug-likeness (QED) is 0.848. The Bertz CT molecular complexity index is 553. The van der Waals surface area contributed by atoms with Gasteiger partial charge in [-0.2, -0.15) is 13.2 Å². The summed E-state index contributed by atoms with van der Waals surface area (Å²) in [6.45, 7) is 3.60. The Morgan fingerprint density at radius 1 is 1.18 bits per heavy atom. The fraction of sp³-hybridized carbons (Fsp3) is 0.467. The van der Waals surface area contributed by atoms with E-state index in [2.05, 4.69) is 4.74 Å². The number of anilines is 1. The van der Waals surface area contributed by atoms with Crippen molar-refractivity contribution in [3.63, 3.8) is 0 Å². The number of alkyl halides is 3. The number of hydrogen-bond donors (Lipinski definition) is 1. The molecule has 0 bridgehead atoms. The zero-order valence-electron chi connectivity index (χ0n) is 12.6. The van der Waals surface area contributed by atoms with Crippen LogP contribution >= 0.6 is 0 Å². The molecule has 1 aromatic rings. The highest BCUT2D eigenvalue weighted by molar-refractivity contribution is 5.95. The van der Waals surface area contributed by atoms with Crippen molar-refractivity contribution < 1.29 is 27.5 Å². The lowest BCUT2D eigenvalue weighted by molar-refractivity contribution is -0.167. The molecule has 0 aromatic heterocycles. The molecule has 4 nitrogen and oxygen atoms in total. The second-order valence-corrected chi connectivity index (χ2v) is 5.70. The first kappa shape index (κ1) is 18.0. The molecule has 0 spiro atoms. The van der Waals surface area contributed by atoms with Gasteiger partial charge in [-0.3, -0.25) is 9.59 Å². The van der Waals surface area contributed by atoms with Crippen molar-refractivity contribution in [3.8, 4) is 0 Å². The smallest absolute Gasteiger partial charge is 0.469 e. The van der Waals surface area contributed by atoms with Gasteiger partial charge in [-0.25, -0.2) is 0 Å². The molecule has 0 unspecified atom stereocenters. The SMILES string of the molecule is COC(=O)CC(C)(C)Cc1ccccc1NC(=O)C(F)(F)F. The molecule has 7 heteroatoms. The maximum absolute atomic E-state index is 12.3. The van der Waals surface area contributed by atoms with Gasteiger partial charge in [0, 0.05) is 5.69 Å². The number of carbonyl (C=O) groups is 2. The molecule has 0 atom stereocenters. The average Bonchev–Trinajstić information content (AvgIpc) is 2.38. The van der Waals surface area contributed by atoms with Crippen LogP contribution in [0.1, 0.15) is 25.8 Å². The normalized spacial score (nSPS) is 11.9. The highest BCUT2D eigenvalue weighted by Crippen LogP contribution is 2.30. The Morgan fingerprint density at radius 2 is 1.77 bits per heavy atom. The van der Waals surface area contributed by atoms with Crippen molar-refractivity contribution in [1.29, 1.82) is 0 Å². The van der Waals surface area contributed by atoms with Crippen molar-refractivity contribution in [2.45, 2.75) is 32.9 Å². The van der Waals surface area contributed by atoms with Gasteiger partial charge in [-0.1, -0.05) is 32.0 Å². The topological polar surface area (TPSA) is 55.4 Å². The Labute approximate surface area is 126 Å². The lowest BCUT2D eigenvalue weighted by atomic mass is 9.82. The molecule has 0 fully saturated rings. The number of amides is 1. The Hall–Kier alpha value is -2.05. The zero-order chi connectivity index (χ0) is 17.0. The van der Waals surface area contributed by atoms with Crippen LogP contribution in [0.5, 0.6) is 0 Å². The van der Waals surface area contributed by atoms with Gasteiger partial charge in [-0.15, -0.1) is 0 Å². The predicted octanol–water partition coefficient (Wildman–Crippen LogP) is 3.32. The third-order valence-electron chi connectivity index (χ3n) is 3.04. The number of halogens is 3. The molecule has 0 saturated carbocycles. The van der Waals surface area contributed by atoms with Crippen molar-refractivity contribution in [2.24, 2.45) is 5.41 Å². The summed E-state index contributed by atoms with van der Waals surface area (Å²) < 4.78 is 41.7. The Morgan fingerprint density at radius 3 is 2.32 bits per heavy atom. The van der Waals surface area contributed by atoms with E-state index in [0.29, 0.717) is 12.0 Å². The van der Waals surface area contributed by atoms with E-state index in [9.17, 15) is 22.8 Å². The third kappa shape index (κ3) is 5.38. The number of methoxy groups -OCH3 is 1. The Kier molecular flexibility index (Phi) is 5.57. The monoisotopic (exact) mass is 317 g/mol. The molecule has 1 N–H and O–H groups in total. The number of hydrogen-bond acceptors (Lipinski definition) is 3. The molecular formula is C15H18F3NO3. The van der Waals surface area contributed by atoms with Gasteiger partial charge in [0.1, 0.15) is 0 Å². The summed E-state index contributed by atoms with van der Waals surface area (Å²) in [7, 11) is 1.27. The number of benzene rings is 1. The first-order valence-corrected chi connectivity index (χ1v) is 6.58. The van der Waals surface area contributed by atoms with E-state index in [-0.39, 0.29) is 12.1 Å². The minimum atomic E-state index is -4.95. The van der Waals surface area contributed by atoms with Gasteiger partial charge in [-0.05, 0) is 23.5 Å². The van der Waals surface area contributed by atoms with Crippen LogP contribution < -0.4 is 5.32 Å². The molecule has 0 aliphatic heterocycles. The van der Waals surface area contributed by atoms with Crippen LogP contribution in [-0.4, -0.2) is 25.2 Å². The van der Waals surface area contributed by atoms with Gasteiger partial charge >= 0.3 is 18.1 Å². The molecule has 1 rings (SSSR count). The zero-order valence-corrected chi connectivity index (χ0v) is 12.6. The van der Waals surface area contributed by atoms with Crippen molar-refractivity contribution in [3.05, 3.63) is 29.8 Å². The van der Waals surface area contributed by atoms with Crippen LogP contribution in [0.3, 0.4) is 0 Å². The van der Waals surface area contributed by atoms with E-state index < -0.39 is 23.5 Å².